The second-order valence-corrected chi connectivity index (χ2v) is 6.14. The molecule has 0 heterocycles. The van der Waals surface area contributed by atoms with E-state index >= 15 is 0 Å². The molecule has 3 heteroatoms. The normalized spacial score (nSPS) is 20.1. The van der Waals surface area contributed by atoms with Gasteiger partial charge in [0.25, 0.3) is 0 Å². The van der Waals surface area contributed by atoms with E-state index in [1.54, 1.807) is 0 Å². The summed E-state index contributed by atoms with van der Waals surface area (Å²) in [6, 6.07) is 0.525. The van der Waals surface area contributed by atoms with Crippen LogP contribution in [-0.4, -0.2) is 28.3 Å². The van der Waals surface area contributed by atoms with E-state index in [0.717, 1.165) is 30.4 Å². The van der Waals surface area contributed by atoms with Gasteiger partial charge in [-0.15, -0.1) is 0 Å². The molecule has 0 aromatic carbocycles. The topological polar surface area (TPSA) is 29.1 Å². The molecule has 0 amide bonds. The van der Waals surface area contributed by atoms with Crippen molar-refractivity contribution in [3.8, 4) is 0 Å². The third-order valence-corrected chi connectivity index (χ3v) is 4.47. The highest BCUT2D eigenvalue weighted by Crippen LogP contribution is 2.32. The SMILES string of the molecule is CCCCCS(=O)CC(NCC)C1CC1. The maximum absolute atomic E-state index is 11.8. The lowest BCUT2D eigenvalue weighted by molar-refractivity contribution is 0.513. The van der Waals surface area contributed by atoms with E-state index < -0.39 is 10.8 Å². The fraction of sp³-hybridized carbons (Fsp3) is 1.00. The third-order valence-electron chi connectivity index (χ3n) is 3.00. The Morgan fingerprint density at radius 2 is 2.07 bits per heavy atom. The number of hydrogen-bond acceptors (Lipinski definition) is 2. The van der Waals surface area contributed by atoms with Gasteiger partial charge in [-0.05, 0) is 31.7 Å². The molecule has 0 aliphatic heterocycles. The average molecular weight is 231 g/mol. The maximum Gasteiger partial charge on any atom is 0.0391 e. The first-order chi connectivity index (χ1) is 7.27. The highest BCUT2D eigenvalue weighted by molar-refractivity contribution is 7.85. The smallest absolute Gasteiger partial charge is 0.0391 e. The van der Waals surface area contributed by atoms with Crippen molar-refractivity contribution in [1.29, 1.82) is 0 Å². The van der Waals surface area contributed by atoms with Crippen LogP contribution >= 0.6 is 0 Å². The van der Waals surface area contributed by atoms with Crippen LogP contribution in [0.5, 0.6) is 0 Å². The van der Waals surface area contributed by atoms with Gasteiger partial charge in [0.05, 0.1) is 0 Å². The van der Waals surface area contributed by atoms with Crippen molar-refractivity contribution in [1.82, 2.24) is 5.32 Å². The van der Waals surface area contributed by atoms with Crippen molar-refractivity contribution >= 4 is 10.8 Å². The first-order valence-electron chi connectivity index (χ1n) is 6.36. The minimum absolute atomic E-state index is 0.525. The molecule has 0 radical (unpaired) electrons. The van der Waals surface area contributed by atoms with Crippen LogP contribution in [0.15, 0.2) is 0 Å². The molecule has 0 saturated heterocycles. The Morgan fingerprint density at radius 3 is 2.60 bits per heavy atom. The Kier molecular flexibility index (Phi) is 6.50. The van der Waals surface area contributed by atoms with Gasteiger partial charge in [-0.3, -0.25) is 4.21 Å². The predicted octanol–water partition coefficient (Wildman–Crippen LogP) is 2.31. The van der Waals surface area contributed by atoms with Crippen LogP contribution in [0.2, 0.25) is 0 Å². The molecule has 90 valence electrons. The van der Waals surface area contributed by atoms with Crippen LogP contribution in [0.25, 0.3) is 0 Å². The molecule has 0 bridgehead atoms. The summed E-state index contributed by atoms with van der Waals surface area (Å²) >= 11 is 0. The molecule has 1 saturated carbocycles. The van der Waals surface area contributed by atoms with E-state index in [4.69, 9.17) is 0 Å². The van der Waals surface area contributed by atoms with Crippen molar-refractivity contribution in [2.75, 3.05) is 18.1 Å². The number of rotatable bonds is 9. The minimum atomic E-state index is -0.596. The number of nitrogens with one attached hydrogen (secondary N) is 1. The van der Waals surface area contributed by atoms with E-state index in [2.05, 4.69) is 19.2 Å². The van der Waals surface area contributed by atoms with Gasteiger partial charge in [-0.2, -0.15) is 0 Å². The molecule has 0 aromatic heterocycles. The third kappa shape index (κ3) is 5.67. The van der Waals surface area contributed by atoms with Crippen LogP contribution in [-0.2, 0) is 10.8 Å². The Morgan fingerprint density at radius 1 is 1.33 bits per heavy atom. The van der Waals surface area contributed by atoms with Gasteiger partial charge in [0.1, 0.15) is 0 Å². The number of unbranched alkanes of at least 4 members (excludes halogenated alkanes) is 2. The predicted molar refractivity (Wildman–Crippen MR) is 67.6 cm³/mol. The fourth-order valence-electron chi connectivity index (χ4n) is 1.92. The largest absolute Gasteiger partial charge is 0.313 e. The van der Waals surface area contributed by atoms with Crippen molar-refractivity contribution in [2.45, 2.75) is 52.0 Å². The molecule has 0 aromatic rings. The molecular formula is C12H25NOS. The average Bonchev–Trinajstić information content (AvgIpc) is 3.01. The molecule has 1 aliphatic rings. The molecular weight excluding hydrogens is 206 g/mol. The van der Waals surface area contributed by atoms with Gasteiger partial charge in [0.2, 0.25) is 0 Å². The van der Waals surface area contributed by atoms with Crippen LogP contribution in [0.3, 0.4) is 0 Å². The summed E-state index contributed by atoms with van der Waals surface area (Å²) in [4.78, 5) is 0. The molecule has 2 nitrogen and oxygen atoms in total. The summed E-state index contributed by atoms with van der Waals surface area (Å²) in [5.74, 6) is 2.60. The van der Waals surface area contributed by atoms with Crippen LogP contribution in [0.1, 0.15) is 46.0 Å². The Balaban J connectivity index is 2.15. The van der Waals surface area contributed by atoms with Gasteiger partial charge >= 0.3 is 0 Å². The van der Waals surface area contributed by atoms with Crippen LogP contribution in [0.4, 0.5) is 0 Å². The fourth-order valence-corrected chi connectivity index (χ4v) is 3.40. The Labute approximate surface area is 96.7 Å². The lowest BCUT2D eigenvalue weighted by Crippen LogP contribution is -2.36. The van der Waals surface area contributed by atoms with Crippen molar-refractivity contribution in [3.63, 3.8) is 0 Å². The van der Waals surface area contributed by atoms with Crippen LogP contribution in [0, 0.1) is 5.92 Å². The van der Waals surface area contributed by atoms with Crippen molar-refractivity contribution < 1.29 is 4.21 Å². The minimum Gasteiger partial charge on any atom is -0.313 e. The van der Waals surface area contributed by atoms with Gasteiger partial charge in [0, 0.05) is 28.3 Å². The van der Waals surface area contributed by atoms with Gasteiger partial charge < -0.3 is 5.32 Å². The van der Waals surface area contributed by atoms with E-state index in [0.29, 0.717) is 6.04 Å². The van der Waals surface area contributed by atoms with Crippen molar-refractivity contribution in [3.05, 3.63) is 0 Å². The zero-order valence-corrected chi connectivity index (χ0v) is 10.9. The zero-order valence-electron chi connectivity index (χ0n) is 10.1. The highest BCUT2D eigenvalue weighted by atomic mass is 32.2. The van der Waals surface area contributed by atoms with E-state index in [9.17, 15) is 4.21 Å². The molecule has 2 atom stereocenters. The lowest BCUT2D eigenvalue weighted by atomic mass is 10.2. The molecule has 1 fully saturated rings. The number of hydrogen-bond donors (Lipinski definition) is 1. The van der Waals surface area contributed by atoms with Crippen molar-refractivity contribution in [2.24, 2.45) is 5.92 Å². The Bertz CT molecular complexity index is 192. The van der Waals surface area contributed by atoms with Gasteiger partial charge in [-0.1, -0.05) is 26.7 Å². The molecule has 15 heavy (non-hydrogen) atoms. The summed E-state index contributed by atoms with van der Waals surface area (Å²) in [6.45, 7) is 5.33. The van der Waals surface area contributed by atoms with Gasteiger partial charge in [0.15, 0.2) is 0 Å². The zero-order chi connectivity index (χ0) is 11.1. The van der Waals surface area contributed by atoms with E-state index in [1.165, 1.54) is 25.7 Å². The summed E-state index contributed by atoms with van der Waals surface area (Å²) in [5, 5.41) is 3.47. The highest BCUT2D eigenvalue weighted by Gasteiger charge is 2.31. The molecule has 0 spiro atoms. The summed E-state index contributed by atoms with van der Waals surface area (Å²) in [6.07, 6.45) is 6.25. The molecule has 2 unspecified atom stereocenters. The summed E-state index contributed by atoms with van der Waals surface area (Å²) in [5.41, 5.74) is 0. The molecule has 1 aliphatic carbocycles. The molecule has 1 rings (SSSR count). The van der Waals surface area contributed by atoms with E-state index in [-0.39, 0.29) is 0 Å². The standard InChI is InChI=1S/C12H25NOS/c1-3-5-6-9-15(14)10-12(13-4-2)11-7-8-11/h11-13H,3-10H2,1-2H3. The second kappa shape index (κ2) is 7.39. The lowest BCUT2D eigenvalue weighted by Gasteiger charge is -2.16. The Hall–Kier alpha value is 0.110. The molecule has 1 N–H and O–H groups in total. The van der Waals surface area contributed by atoms with E-state index in [1.807, 2.05) is 0 Å². The monoisotopic (exact) mass is 231 g/mol. The first kappa shape index (κ1) is 13.2. The quantitative estimate of drug-likeness (QED) is 0.617. The maximum atomic E-state index is 11.8. The second-order valence-electron chi connectivity index (χ2n) is 4.52. The summed E-state index contributed by atoms with van der Waals surface area (Å²) < 4.78 is 11.8. The van der Waals surface area contributed by atoms with Gasteiger partial charge in [-0.25, -0.2) is 0 Å². The first-order valence-corrected chi connectivity index (χ1v) is 7.85. The summed E-state index contributed by atoms with van der Waals surface area (Å²) in [7, 11) is -0.596. The van der Waals surface area contributed by atoms with Crippen LogP contribution < -0.4 is 5.32 Å².